The summed E-state index contributed by atoms with van der Waals surface area (Å²) >= 11 is 5.65. The van der Waals surface area contributed by atoms with Gasteiger partial charge in [0.05, 0.1) is 16.2 Å². The molecule has 0 radical (unpaired) electrons. The van der Waals surface area contributed by atoms with Crippen molar-refractivity contribution in [3.05, 3.63) is 34.6 Å². The standard InChI is InChI=1S/C13H17BClFO2/c1-12(2)13(3,4)18-14(17-12)8-9-5-6-10(15)11(16)7-9/h5-7H,8H2,1-4H3. The molecule has 0 N–H and O–H groups in total. The van der Waals surface area contributed by atoms with E-state index in [1.807, 2.05) is 27.7 Å². The SMILES string of the molecule is CC1(C)OB(Cc2ccc(Cl)c(F)c2)OC1(C)C. The van der Waals surface area contributed by atoms with Crippen LogP contribution in [0.4, 0.5) is 4.39 Å². The predicted octanol–water partition coefficient (Wildman–Crippen LogP) is 3.65. The van der Waals surface area contributed by atoms with Gasteiger partial charge in [0.2, 0.25) is 0 Å². The van der Waals surface area contributed by atoms with Gasteiger partial charge in [-0.25, -0.2) is 4.39 Å². The van der Waals surface area contributed by atoms with Crippen LogP contribution >= 0.6 is 11.6 Å². The van der Waals surface area contributed by atoms with Crippen molar-refractivity contribution in [1.29, 1.82) is 0 Å². The third kappa shape index (κ3) is 2.56. The van der Waals surface area contributed by atoms with Crippen molar-refractivity contribution in [2.75, 3.05) is 0 Å². The molecule has 0 bridgehead atoms. The van der Waals surface area contributed by atoms with Crippen LogP contribution in [-0.4, -0.2) is 18.3 Å². The molecule has 0 aromatic heterocycles. The first-order valence-corrected chi connectivity index (χ1v) is 6.39. The maximum atomic E-state index is 13.3. The average Bonchev–Trinajstić information content (AvgIpc) is 2.41. The van der Waals surface area contributed by atoms with Gasteiger partial charge >= 0.3 is 7.12 Å². The van der Waals surface area contributed by atoms with Crippen LogP contribution < -0.4 is 0 Å². The minimum Gasteiger partial charge on any atom is -0.403 e. The molecule has 2 nitrogen and oxygen atoms in total. The molecule has 2 rings (SSSR count). The molecule has 1 aromatic carbocycles. The normalized spacial score (nSPS) is 21.3. The zero-order valence-electron chi connectivity index (χ0n) is 11.1. The zero-order chi connectivity index (χ0) is 13.6. The van der Waals surface area contributed by atoms with Crippen molar-refractivity contribution in [2.24, 2.45) is 0 Å². The summed E-state index contributed by atoms with van der Waals surface area (Å²) in [4.78, 5) is 0. The minimum absolute atomic E-state index is 0.132. The van der Waals surface area contributed by atoms with Crippen molar-refractivity contribution < 1.29 is 13.7 Å². The molecule has 1 aliphatic rings. The summed E-state index contributed by atoms with van der Waals surface area (Å²) in [6.07, 6.45) is 0.515. The molecular weight excluding hydrogens is 253 g/mol. The van der Waals surface area contributed by atoms with Crippen molar-refractivity contribution in [1.82, 2.24) is 0 Å². The van der Waals surface area contributed by atoms with Crippen LogP contribution in [0.15, 0.2) is 18.2 Å². The third-order valence-corrected chi connectivity index (χ3v) is 3.99. The van der Waals surface area contributed by atoms with Crippen LogP contribution in [0.3, 0.4) is 0 Å². The minimum atomic E-state index is -0.411. The Balaban J connectivity index is 2.10. The molecule has 0 spiro atoms. The smallest absolute Gasteiger partial charge is 0.403 e. The lowest BCUT2D eigenvalue weighted by molar-refractivity contribution is 0.00578. The summed E-state index contributed by atoms with van der Waals surface area (Å²) in [5, 5.41) is 0.132. The summed E-state index contributed by atoms with van der Waals surface area (Å²) < 4.78 is 25.1. The highest BCUT2D eigenvalue weighted by atomic mass is 35.5. The summed E-state index contributed by atoms with van der Waals surface area (Å²) in [5.41, 5.74) is 0.0982. The molecule has 0 saturated carbocycles. The molecule has 0 atom stereocenters. The zero-order valence-corrected chi connectivity index (χ0v) is 11.8. The number of rotatable bonds is 2. The van der Waals surface area contributed by atoms with E-state index < -0.39 is 5.82 Å². The lowest BCUT2D eigenvalue weighted by Gasteiger charge is -2.32. The molecular formula is C13H17BClFO2. The van der Waals surface area contributed by atoms with Gasteiger partial charge in [-0.1, -0.05) is 17.7 Å². The molecule has 0 amide bonds. The quantitative estimate of drug-likeness (QED) is 0.764. The van der Waals surface area contributed by atoms with Gasteiger partial charge in [-0.05, 0) is 45.4 Å². The fourth-order valence-corrected chi connectivity index (χ4v) is 2.03. The summed E-state index contributed by atoms with van der Waals surface area (Å²) in [5.74, 6) is -0.411. The van der Waals surface area contributed by atoms with Gasteiger partial charge in [0.25, 0.3) is 0 Å². The lowest BCUT2D eigenvalue weighted by Crippen LogP contribution is -2.41. The topological polar surface area (TPSA) is 18.5 Å². The monoisotopic (exact) mass is 270 g/mol. The maximum Gasteiger partial charge on any atom is 0.462 e. The number of hydrogen-bond donors (Lipinski definition) is 0. The first-order valence-electron chi connectivity index (χ1n) is 6.01. The molecule has 0 aliphatic carbocycles. The van der Waals surface area contributed by atoms with Gasteiger partial charge < -0.3 is 9.31 Å². The Hall–Kier alpha value is -0.575. The molecule has 98 valence electrons. The van der Waals surface area contributed by atoms with Crippen molar-refractivity contribution in [3.8, 4) is 0 Å². The van der Waals surface area contributed by atoms with E-state index in [1.165, 1.54) is 6.07 Å². The Morgan fingerprint density at radius 3 is 2.22 bits per heavy atom. The molecule has 5 heteroatoms. The summed E-state index contributed by atoms with van der Waals surface area (Å²) in [6, 6.07) is 4.77. The molecule has 1 saturated heterocycles. The average molecular weight is 271 g/mol. The van der Waals surface area contributed by atoms with E-state index >= 15 is 0 Å². The fourth-order valence-electron chi connectivity index (χ4n) is 1.91. The number of benzene rings is 1. The van der Waals surface area contributed by atoms with E-state index in [0.717, 1.165) is 5.56 Å². The number of hydrogen-bond acceptors (Lipinski definition) is 2. The first-order chi connectivity index (χ1) is 8.21. The van der Waals surface area contributed by atoms with E-state index in [4.69, 9.17) is 20.9 Å². The van der Waals surface area contributed by atoms with Crippen LogP contribution in [0, 0.1) is 5.82 Å². The molecule has 1 heterocycles. The van der Waals surface area contributed by atoms with E-state index in [9.17, 15) is 4.39 Å². The Morgan fingerprint density at radius 1 is 1.17 bits per heavy atom. The molecule has 1 aliphatic heterocycles. The number of halogens is 2. The molecule has 1 aromatic rings. The molecule has 1 fully saturated rings. The van der Waals surface area contributed by atoms with Gasteiger partial charge in [-0.15, -0.1) is 0 Å². The Bertz CT molecular complexity index is 446. The molecule has 18 heavy (non-hydrogen) atoms. The Kier molecular flexibility index (Phi) is 3.47. The fraction of sp³-hybridized carbons (Fsp3) is 0.538. The van der Waals surface area contributed by atoms with Gasteiger partial charge in [-0.2, -0.15) is 0 Å². The van der Waals surface area contributed by atoms with Gasteiger partial charge in [-0.3, -0.25) is 0 Å². The largest absolute Gasteiger partial charge is 0.462 e. The van der Waals surface area contributed by atoms with Crippen molar-refractivity contribution in [2.45, 2.75) is 45.2 Å². The predicted molar refractivity (Wildman–Crippen MR) is 71.2 cm³/mol. The summed E-state index contributed by atoms with van der Waals surface area (Å²) in [7, 11) is -0.351. The van der Waals surface area contributed by atoms with Crippen LogP contribution in [0.25, 0.3) is 0 Å². The first kappa shape index (κ1) is 13.8. The maximum absolute atomic E-state index is 13.3. The van der Waals surface area contributed by atoms with Crippen LogP contribution in [-0.2, 0) is 15.6 Å². The second kappa shape index (κ2) is 4.51. The van der Waals surface area contributed by atoms with E-state index in [2.05, 4.69) is 0 Å². The van der Waals surface area contributed by atoms with Crippen LogP contribution in [0.5, 0.6) is 0 Å². The second-order valence-electron chi connectivity index (χ2n) is 5.64. The third-order valence-electron chi connectivity index (χ3n) is 3.69. The van der Waals surface area contributed by atoms with Crippen molar-refractivity contribution in [3.63, 3.8) is 0 Å². The highest BCUT2D eigenvalue weighted by molar-refractivity contribution is 6.45. The van der Waals surface area contributed by atoms with Crippen molar-refractivity contribution >= 4 is 18.7 Å². The highest BCUT2D eigenvalue weighted by Crippen LogP contribution is 2.37. The molecule has 0 unspecified atom stereocenters. The van der Waals surface area contributed by atoms with E-state index in [0.29, 0.717) is 6.32 Å². The second-order valence-corrected chi connectivity index (χ2v) is 6.05. The summed E-state index contributed by atoms with van der Waals surface area (Å²) in [6.45, 7) is 7.98. The lowest BCUT2D eigenvalue weighted by atomic mass is 9.81. The van der Waals surface area contributed by atoms with Gasteiger partial charge in [0.15, 0.2) is 0 Å². The highest BCUT2D eigenvalue weighted by Gasteiger charge is 2.50. The van der Waals surface area contributed by atoms with Gasteiger partial charge in [0, 0.05) is 6.32 Å². The van der Waals surface area contributed by atoms with Crippen LogP contribution in [0.1, 0.15) is 33.3 Å². The van der Waals surface area contributed by atoms with Crippen LogP contribution in [0.2, 0.25) is 5.02 Å². The van der Waals surface area contributed by atoms with E-state index in [1.54, 1.807) is 12.1 Å². The Labute approximate surface area is 113 Å². The van der Waals surface area contributed by atoms with Gasteiger partial charge in [0.1, 0.15) is 5.82 Å². The van der Waals surface area contributed by atoms with E-state index in [-0.39, 0.29) is 23.3 Å². The Morgan fingerprint density at radius 2 is 1.72 bits per heavy atom.